The lowest BCUT2D eigenvalue weighted by Gasteiger charge is -2.05. The van der Waals surface area contributed by atoms with Crippen molar-refractivity contribution in [2.24, 2.45) is 0 Å². The molecule has 8 heteroatoms. The van der Waals surface area contributed by atoms with Crippen LogP contribution in [0.5, 0.6) is 0 Å². The van der Waals surface area contributed by atoms with Crippen molar-refractivity contribution >= 4 is 17.1 Å². The number of nitrogens with one attached hydrogen (secondary N) is 1. The summed E-state index contributed by atoms with van der Waals surface area (Å²) in [6.45, 7) is 5.19. The third-order valence-electron chi connectivity index (χ3n) is 3.83. The number of anilines is 1. The van der Waals surface area contributed by atoms with Gasteiger partial charge in [0.15, 0.2) is 5.65 Å². The number of imidazole rings is 1. The van der Waals surface area contributed by atoms with Crippen molar-refractivity contribution in [3.8, 4) is 0 Å². The van der Waals surface area contributed by atoms with Crippen molar-refractivity contribution in [3.63, 3.8) is 0 Å². The number of fused-ring (bicyclic) bond motifs is 1. The third-order valence-corrected chi connectivity index (χ3v) is 3.83. The second-order valence-corrected chi connectivity index (χ2v) is 5.73. The van der Waals surface area contributed by atoms with Crippen molar-refractivity contribution in [1.82, 2.24) is 24.2 Å². The number of aryl methyl sites for hydroxylation is 1. The number of aromatic nitrogens is 5. The van der Waals surface area contributed by atoms with Gasteiger partial charge in [-0.25, -0.2) is 14.5 Å². The Hall–Kier alpha value is -2.90. The highest BCUT2D eigenvalue weighted by Crippen LogP contribution is 2.12. The van der Waals surface area contributed by atoms with E-state index < -0.39 is 0 Å². The van der Waals surface area contributed by atoms with Crippen molar-refractivity contribution in [3.05, 3.63) is 46.3 Å². The van der Waals surface area contributed by atoms with E-state index in [0.717, 1.165) is 35.3 Å². The van der Waals surface area contributed by atoms with Crippen LogP contribution < -0.4 is 16.8 Å². The fourth-order valence-corrected chi connectivity index (χ4v) is 2.44. The summed E-state index contributed by atoms with van der Waals surface area (Å²) in [5.41, 5.74) is 2.52. The average Bonchev–Trinajstić information content (AvgIpc) is 2.82. The first-order valence-electron chi connectivity index (χ1n) is 7.99. The molecule has 0 aliphatic rings. The Morgan fingerprint density at radius 3 is 2.79 bits per heavy atom. The summed E-state index contributed by atoms with van der Waals surface area (Å²) in [6.07, 6.45) is 5.44. The number of nitrogen functional groups attached to an aromatic ring is 1. The largest absolute Gasteiger partial charge is 0.354 e. The Labute approximate surface area is 139 Å². The lowest BCUT2D eigenvalue weighted by Crippen LogP contribution is -2.29. The zero-order chi connectivity index (χ0) is 17.1. The molecule has 0 atom stereocenters. The maximum atomic E-state index is 12.4. The minimum absolute atomic E-state index is 0.328. The number of pyridine rings is 1. The molecule has 3 rings (SSSR count). The average molecular weight is 327 g/mol. The SMILES string of the molecule is CCCCNc1ncc2c(n1)n(Cc1ccc(C)nc1)c(=O)n2N. The molecule has 0 saturated heterocycles. The lowest BCUT2D eigenvalue weighted by atomic mass is 10.2. The Bertz CT molecular complexity index is 895. The van der Waals surface area contributed by atoms with Crippen LogP contribution in [0.3, 0.4) is 0 Å². The zero-order valence-electron chi connectivity index (χ0n) is 13.9. The van der Waals surface area contributed by atoms with E-state index in [1.807, 2.05) is 19.1 Å². The molecule has 8 nitrogen and oxygen atoms in total. The molecule has 3 heterocycles. The van der Waals surface area contributed by atoms with Crippen LogP contribution in [0.2, 0.25) is 0 Å². The van der Waals surface area contributed by atoms with Crippen LogP contribution in [-0.4, -0.2) is 30.7 Å². The molecule has 0 radical (unpaired) electrons. The monoisotopic (exact) mass is 327 g/mol. The lowest BCUT2D eigenvalue weighted by molar-refractivity contribution is 0.744. The molecular weight excluding hydrogens is 306 g/mol. The van der Waals surface area contributed by atoms with E-state index in [-0.39, 0.29) is 5.69 Å². The Kier molecular flexibility index (Phi) is 4.45. The number of hydrogen-bond donors (Lipinski definition) is 2. The summed E-state index contributed by atoms with van der Waals surface area (Å²) in [7, 11) is 0. The number of nitrogens with zero attached hydrogens (tertiary/aromatic N) is 5. The van der Waals surface area contributed by atoms with E-state index in [2.05, 4.69) is 27.2 Å². The Balaban J connectivity index is 1.98. The molecule has 0 aliphatic heterocycles. The minimum atomic E-state index is -0.328. The van der Waals surface area contributed by atoms with Crippen LogP contribution in [-0.2, 0) is 6.54 Å². The number of hydrogen-bond acceptors (Lipinski definition) is 6. The van der Waals surface area contributed by atoms with Gasteiger partial charge in [0.05, 0.1) is 12.7 Å². The molecule has 0 amide bonds. The maximum absolute atomic E-state index is 12.4. The minimum Gasteiger partial charge on any atom is -0.354 e. The standard InChI is InChI=1S/C16H21N7O/c1-3-4-7-18-15-20-9-13-14(21-15)22(16(24)23(13)17)10-12-6-5-11(2)19-8-12/h5-6,8-9H,3-4,7,10,17H2,1-2H3,(H,18,20,21). The fraction of sp³-hybridized carbons (Fsp3) is 0.375. The molecule has 0 saturated carbocycles. The van der Waals surface area contributed by atoms with Gasteiger partial charge in [-0.2, -0.15) is 4.98 Å². The number of rotatable bonds is 6. The molecule has 0 spiro atoms. The van der Waals surface area contributed by atoms with Crippen LogP contribution in [0.25, 0.3) is 11.2 Å². The van der Waals surface area contributed by atoms with Gasteiger partial charge in [0.2, 0.25) is 5.95 Å². The van der Waals surface area contributed by atoms with Gasteiger partial charge in [0.25, 0.3) is 0 Å². The van der Waals surface area contributed by atoms with Gasteiger partial charge in [-0.15, -0.1) is 0 Å². The Morgan fingerprint density at radius 2 is 2.08 bits per heavy atom. The first-order chi connectivity index (χ1) is 11.6. The van der Waals surface area contributed by atoms with Gasteiger partial charge in [0.1, 0.15) is 5.52 Å². The van der Waals surface area contributed by atoms with Crippen LogP contribution in [0.1, 0.15) is 31.0 Å². The van der Waals surface area contributed by atoms with Crippen molar-refractivity contribution in [1.29, 1.82) is 0 Å². The Morgan fingerprint density at radius 1 is 1.25 bits per heavy atom. The van der Waals surface area contributed by atoms with E-state index in [1.54, 1.807) is 12.4 Å². The molecule has 0 aliphatic carbocycles. The van der Waals surface area contributed by atoms with Crippen LogP contribution in [0, 0.1) is 6.92 Å². The zero-order valence-corrected chi connectivity index (χ0v) is 13.9. The highest BCUT2D eigenvalue weighted by molar-refractivity contribution is 5.72. The first kappa shape index (κ1) is 16.0. The molecule has 3 N–H and O–H groups in total. The predicted molar refractivity (Wildman–Crippen MR) is 93.4 cm³/mol. The van der Waals surface area contributed by atoms with Crippen molar-refractivity contribution in [2.45, 2.75) is 33.2 Å². The summed E-state index contributed by atoms with van der Waals surface area (Å²) in [4.78, 5) is 25.4. The first-order valence-corrected chi connectivity index (χ1v) is 7.99. The highest BCUT2D eigenvalue weighted by Gasteiger charge is 2.14. The van der Waals surface area contributed by atoms with Gasteiger partial charge in [-0.3, -0.25) is 9.55 Å². The van der Waals surface area contributed by atoms with Crippen molar-refractivity contribution in [2.75, 3.05) is 17.7 Å². The summed E-state index contributed by atoms with van der Waals surface area (Å²) >= 11 is 0. The van der Waals surface area contributed by atoms with Crippen LogP contribution in [0.15, 0.2) is 29.3 Å². The van der Waals surface area contributed by atoms with Crippen molar-refractivity contribution < 1.29 is 0 Å². The van der Waals surface area contributed by atoms with E-state index >= 15 is 0 Å². The molecule has 0 fully saturated rings. The fourth-order valence-electron chi connectivity index (χ4n) is 2.44. The molecule has 0 bridgehead atoms. The van der Waals surface area contributed by atoms with Gasteiger partial charge in [-0.1, -0.05) is 19.4 Å². The summed E-state index contributed by atoms with van der Waals surface area (Å²) in [5.74, 6) is 6.35. The number of unbranched alkanes of at least 4 members (excludes halogenated alkanes) is 1. The highest BCUT2D eigenvalue weighted by atomic mass is 16.2. The molecule has 126 valence electrons. The third kappa shape index (κ3) is 3.08. The molecule has 0 aromatic carbocycles. The molecule has 3 aromatic rings. The molecule has 0 unspecified atom stereocenters. The summed E-state index contributed by atoms with van der Waals surface area (Å²) in [5, 5.41) is 3.16. The molecular formula is C16H21N7O. The van der Waals surface area contributed by atoms with Gasteiger partial charge in [0, 0.05) is 18.4 Å². The normalized spacial score (nSPS) is 11.1. The smallest absolute Gasteiger partial charge is 0.349 e. The van der Waals surface area contributed by atoms with Crippen LogP contribution in [0.4, 0.5) is 5.95 Å². The number of nitrogens with two attached hydrogens (primary N) is 1. The maximum Gasteiger partial charge on any atom is 0.349 e. The molecule has 24 heavy (non-hydrogen) atoms. The van der Waals surface area contributed by atoms with Gasteiger partial charge in [-0.05, 0) is 25.0 Å². The van der Waals surface area contributed by atoms with E-state index in [4.69, 9.17) is 5.84 Å². The second kappa shape index (κ2) is 6.69. The van der Waals surface area contributed by atoms with Gasteiger partial charge >= 0.3 is 5.69 Å². The van der Waals surface area contributed by atoms with Crippen LogP contribution >= 0.6 is 0 Å². The van der Waals surface area contributed by atoms with E-state index in [1.165, 1.54) is 4.57 Å². The summed E-state index contributed by atoms with van der Waals surface area (Å²) < 4.78 is 2.61. The summed E-state index contributed by atoms with van der Waals surface area (Å²) in [6, 6.07) is 3.85. The quantitative estimate of drug-likeness (QED) is 0.522. The topological polar surface area (TPSA) is 104 Å². The second-order valence-electron chi connectivity index (χ2n) is 5.73. The predicted octanol–water partition coefficient (Wildman–Crippen LogP) is 1.27. The van der Waals surface area contributed by atoms with E-state index in [0.29, 0.717) is 23.7 Å². The van der Waals surface area contributed by atoms with Gasteiger partial charge < -0.3 is 11.2 Å². The molecule has 3 aromatic heterocycles. The van der Waals surface area contributed by atoms with E-state index in [9.17, 15) is 4.79 Å².